The van der Waals surface area contributed by atoms with Crippen molar-refractivity contribution in [1.29, 1.82) is 0 Å². The van der Waals surface area contributed by atoms with Gasteiger partial charge in [0.25, 0.3) is 0 Å². The van der Waals surface area contributed by atoms with Crippen LogP contribution in [0.1, 0.15) is 52.1 Å². The molecule has 19 heavy (non-hydrogen) atoms. The number of aryl methyl sites for hydroxylation is 3. The third-order valence-corrected chi connectivity index (χ3v) is 4.97. The maximum atomic E-state index is 12.5. The van der Waals surface area contributed by atoms with Crippen LogP contribution < -0.4 is 0 Å². The van der Waals surface area contributed by atoms with Crippen molar-refractivity contribution in [2.45, 2.75) is 45.6 Å². The molecule has 2 heterocycles. The van der Waals surface area contributed by atoms with E-state index in [1.807, 2.05) is 17.7 Å². The molecule has 0 N–H and O–H groups in total. The van der Waals surface area contributed by atoms with Crippen LogP contribution in [0.25, 0.3) is 0 Å². The van der Waals surface area contributed by atoms with Crippen LogP contribution in [0.5, 0.6) is 0 Å². The minimum absolute atomic E-state index is 0.0740. The molecule has 1 aliphatic rings. The van der Waals surface area contributed by atoms with E-state index in [1.165, 1.54) is 29.7 Å². The molecule has 100 valence electrons. The predicted octanol–water partition coefficient (Wildman–Crippen LogP) is 3.46. The first kappa shape index (κ1) is 12.6. The molecule has 1 aliphatic carbocycles. The number of hydrogen-bond acceptors (Lipinski definition) is 3. The molecule has 0 fully saturated rings. The normalized spacial score (nSPS) is 15.0. The molecule has 0 saturated heterocycles. The Morgan fingerprint density at radius 1 is 1.37 bits per heavy atom. The Morgan fingerprint density at radius 2 is 2.21 bits per heavy atom. The van der Waals surface area contributed by atoms with E-state index in [1.54, 1.807) is 17.5 Å². The van der Waals surface area contributed by atoms with Gasteiger partial charge in [0.15, 0.2) is 5.82 Å². The molecule has 4 heteroatoms. The molecule has 2 aromatic heterocycles. The minimum Gasteiger partial charge on any atom is -0.328 e. The van der Waals surface area contributed by atoms with Crippen LogP contribution in [-0.2, 0) is 19.4 Å². The van der Waals surface area contributed by atoms with E-state index in [9.17, 15) is 4.79 Å². The lowest BCUT2D eigenvalue weighted by Crippen LogP contribution is -2.09. The van der Waals surface area contributed by atoms with Crippen molar-refractivity contribution in [3.63, 3.8) is 0 Å². The lowest BCUT2D eigenvalue weighted by atomic mass is 10.1. The number of aromatic nitrogens is 2. The summed E-state index contributed by atoms with van der Waals surface area (Å²) >= 11 is 1.67. The number of thiophene rings is 1. The summed E-state index contributed by atoms with van der Waals surface area (Å²) in [6.07, 6.45) is 9.65. The van der Waals surface area contributed by atoms with Crippen molar-refractivity contribution in [2.75, 3.05) is 0 Å². The molecule has 0 bridgehead atoms. The number of imidazole rings is 1. The lowest BCUT2D eigenvalue weighted by Gasteiger charge is -2.01. The highest BCUT2D eigenvalue weighted by molar-refractivity contribution is 7.14. The van der Waals surface area contributed by atoms with Crippen molar-refractivity contribution in [1.82, 2.24) is 9.55 Å². The fourth-order valence-electron chi connectivity index (χ4n) is 2.66. The molecule has 0 amide bonds. The number of carbonyl (C=O) groups is 1. The summed E-state index contributed by atoms with van der Waals surface area (Å²) in [6.45, 7) is 2.81. The van der Waals surface area contributed by atoms with Crippen LogP contribution in [0.4, 0.5) is 0 Å². The molecule has 0 saturated carbocycles. The summed E-state index contributed by atoms with van der Waals surface area (Å²) in [5.41, 5.74) is 1.39. The van der Waals surface area contributed by atoms with Gasteiger partial charge in [0, 0.05) is 23.8 Å². The van der Waals surface area contributed by atoms with Gasteiger partial charge in [-0.05, 0) is 44.2 Å². The molecular weight excluding hydrogens is 256 g/mol. The summed E-state index contributed by atoms with van der Waals surface area (Å²) in [5, 5.41) is 0. The van der Waals surface area contributed by atoms with Crippen LogP contribution in [0.15, 0.2) is 18.5 Å². The number of ketones is 1. The number of hydrogen-bond donors (Lipinski definition) is 0. The van der Waals surface area contributed by atoms with Gasteiger partial charge < -0.3 is 4.57 Å². The summed E-state index contributed by atoms with van der Waals surface area (Å²) in [6, 6.07) is 2.10. The molecule has 0 radical (unpaired) electrons. The predicted molar refractivity (Wildman–Crippen MR) is 76.9 cm³/mol. The number of fused-ring (bicyclic) bond motifs is 1. The van der Waals surface area contributed by atoms with E-state index >= 15 is 0 Å². The summed E-state index contributed by atoms with van der Waals surface area (Å²) in [5.74, 6) is 0.642. The average molecular weight is 274 g/mol. The van der Waals surface area contributed by atoms with Crippen molar-refractivity contribution < 1.29 is 4.79 Å². The summed E-state index contributed by atoms with van der Waals surface area (Å²) in [4.78, 5) is 19.0. The molecule has 0 aromatic carbocycles. The van der Waals surface area contributed by atoms with Gasteiger partial charge in [0.05, 0.1) is 4.88 Å². The van der Waals surface area contributed by atoms with Crippen molar-refractivity contribution in [3.8, 4) is 0 Å². The molecule has 2 aromatic rings. The highest BCUT2D eigenvalue weighted by atomic mass is 32.1. The Kier molecular flexibility index (Phi) is 3.51. The lowest BCUT2D eigenvalue weighted by molar-refractivity contribution is 0.102. The van der Waals surface area contributed by atoms with E-state index < -0.39 is 0 Å². The molecule has 0 aliphatic heterocycles. The quantitative estimate of drug-likeness (QED) is 0.634. The van der Waals surface area contributed by atoms with Crippen molar-refractivity contribution in [2.24, 2.45) is 0 Å². The standard InChI is InChI=1S/C15H18N2OS/c1-2-17-9-8-16-15(17)14(18)13-10-11-6-4-3-5-7-12(11)19-13/h8-10H,2-7H2,1H3. The monoisotopic (exact) mass is 274 g/mol. The van der Waals surface area contributed by atoms with Crippen molar-refractivity contribution in [3.05, 3.63) is 39.6 Å². The van der Waals surface area contributed by atoms with Crippen LogP contribution >= 0.6 is 11.3 Å². The Morgan fingerprint density at radius 3 is 3.05 bits per heavy atom. The Balaban J connectivity index is 1.92. The van der Waals surface area contributed by atoms with Gasteiger partial charge in [-0.25, -0.2) is 4.98 Å². The number of carbonyl (C=O) groups excluding carboxylic acids is 1. The first-order valence-corrected chi connectivity index (χ1v) is 7.78. The third kappa shape index (κ3) is 2.37. The van der Waals surface area contributed by atoms with E-state index in [-0.39, 0.29) is 5.78 Å². The Labute approximate surface area is 117 Å². The zero-order chi connectivity index (χ0) is 13.2. The van der Waals surface area contributed by atoms with E-state index in [0.717, 1.165) is 24.3 Å². The second kappa shape index (κ2) is 5.29. The van der Waals surface area contributed by atoms with Gasteiger partial charge in [-0.2, -0.15) is 0 Å². The fraction of sp³-hybridized carbons (Fsp3) is 0.467. The molecule has 0 unspecified atom stereocenters. The zero-order valence-electron chi connectivity index (χ0n) is 11.2. The molecule has 0 atom stereocenters. The van der Waals surface area contributed by atoms with Crippen LogP contribution in [0, 0.1) is 0 Å². The largest absolute Gasteiger partial charge is 0.328 e. The maximum absolute atomic E-state index is 12.5. The van der Waals surface area contributed by atoms with Crippen molar-refractivity contribution >= 4 is 17.1 Å². The zero-order valence-corrected chi connectivity index (χ0v) is 12.0. The summed E-state index contributed by atoms with van der Waals surface area (Å²) < 4.78 is 1.91. The van der Waals surface area contributed by atoms with E-state index in [0.29, 0.717) is 5.82 Å². The Hall–Kier alpha value is -1.42. The van der Waals surface area contributed by atoms with Gasteiger partial charge in [0.1, 0.15) is 0 Å². The first-order valence-electron chi connectivity index (χ1n) is 6.97. The fourth-order valence-corrected chi connectivity index (χ4v) is 3.85. The van der Waals surface area contributed by atoms with Crippen LogP contribution in [-0.4, -0.2) is 15.3 Å². The topological polar surface area (TPSA) is 34.9 Å². The highest BCUT2D eigenvalue weighted by Crippen LogP contribution is 2.30. The van der Waals surface area contributed by atoms with Gasteiger partial charge in [-0.3, -0.25) is 4.79 Å². The molecule has 3 rings (SSSR count). The van der Waals surface area contributed by atoms with Crippen LogP contribution in [0.3, 0.4) is 0 Å². The van der Waals surface area contributed by atoms with Gasteiger partial charge in [-0.15, -0.1) is 11.3 Å². The second-order valence-corrected chi connectivity index (χ2v) is 6.12. The number of rotatable bonds is 3. The Bertz CT molecular complexity index is 574. The van der Waals surface area contributed by atoms with E-state index in [4.69, 9.17) is 0 Å². The molecule has 0 spiro atoms. The van der Waals surface area contributed by atoms with Gasteiger partial charge in [-0.1, -0.05) is 6.42 Å². The first-order chi connectivity index (χ1) is 9.29. The molecule has 3 nitrogen and oxygen atoms in total. The number of nitrogens with zero attached hydrogens (tertiary/aromatic N) is 2. The third-order valence-electron chi connectivity index (χ3n) is 3.73. The van der Waals surface area contributed by atoms with E-state index in [2.05, 4.69) is 11.1 Å². The minimum atomic E-state index is 0.0740. The highest BCUT2D eigenvalue weighted by Gasteiger charge is 2.20. The maximum Gasteiger partial charge on any atom is 0.238 e. The molecular formula is C15H18N2OS. The van der Waals surface area contributed by atoms with Crippen LogP contribution in [0.2, 0.25) is 0 Å². The van der Waals surface area contributed by atoms with Gasteiger partial charge in [0.2, 0.25) is 5.78 Å². The summed E-state index contributed by atoms with van der Waals surface area (Å²) in [7, 11) is 0. The van der Waals surface area contributed by atoms with Gasteiger partial charge >= 0.3 is 0 Å². The second-order valence-electron chi connectivity index (χ2n) is 4.99. The average Bonchev–Trinajstić information content (AvgIpc) is 3.00. The smallest absolute Gasteiger partial charge is 0.238 e. The SMILES string of the molecule is CCn1ccnc1C(=O)c1cc2c(s1)CCCCC2.